The summed E-state index contributed by atoms with van der Waals surface area (Å²) in [4.78, 5) is 11.5. The number of hydrogen-bond acceptors (Lipinski definition) is 5. The maximum atomic E-state index is 11.5. The van der Waals surface area contributed by atoms with E-state index in [2.05, 4.69) is 15.0 Å². The van der Waals surface area contributed by atoms with Gasteiger partial charge in [-0.3, -0.25) is 0 Å². The topological polar surface area (TPSA) is 71.2 Å². The number of rotatable bonds is 4. The molecule has 0 aliphatic carbocycles. The van der Waals surface area contributed by atoms with Crippen molar-refractivity contribution in [3.05, 3.63) is 59.2 Å². The van der Waals surface area contributed by atoms with Crippen molar-refractivity contribution in [2.24, 2.45) is 10.2 Å². The smallest absolute Gasteiger partial charge is 0.341 e. The van der Waals surface area contributed by atoms with Gasteiger partial charge in [0, 0.05) is 5.56 Å². The van der Waals surface area contributed by atoms with E-state index in [-0.39, 0.29) is 17.9 Å². The molecule has 1 N–H and O–H groups in total. The van der Waals surface area contributed by atoms with Crippen molar-refractivity contribution >= 4 is 11.7 Å². The number of benzene rings is 2. The Kier molecular flexibility index (Phi) is 4.66. The highest BCUT2D eigenvalue weighted by molar-refractivity contribution is 5.92. The number of para-hydroxylation sites is 1. The standard InChI is InChI=1S/C16H16N2O3/c1-11-6-8-13(9-7-11)18-17-10-12-4-3-5-14(15(12)19)16(20)21-2/h3-9,19H,10H2,1-2H3. The molecule has 0 unspecified atom stereocenters. The first-order valence-electron chi connectivity index (χ1n) is 6.45. The van der Waals surface area contributed by atoms with E-state index in [1.807, 2.05) is 31.2 Å². The maximum absolute atomic E-state index is 11.5. The summed E-state index contributed by atoms with van der Waals surface area (Å²) in [7, 11) is 1.27. The van der Waals surface area contributed by atoms with Crippen LogP contribution >= 0.6 is 0 Å². The van der Waals surface area contributed by atoms with Crippen LogP contribution in [0.1, 0.15) is 21.5 Å². The van der Waals surface area contributed by atoms with E-state index < -0.39 is 5.97 Å². The Morgan fingerprint density at radius 3 is 2.57 bits per heavy atom. The molecule has 21 heavy (non-hydrogen) atoms. The summed E-state index contributed by atoms with van der Waals surface area (Å²) >= 11 is 0. The Bertz CT molecular complexity index is 664. The molecule has 0 spiro atoms. The minimum absolute atomic E-state index is 0.118. The van der Waals surface area contributed by atoms with E-state index in [1.54, 1.807) is 12.1 Å². The minimum atomic E-state index is -0.579. The fourth-order valence-electron chi connectivity index (χ4n) is 1.80. The average Bonchev–Trinajstić information content (AvgIpc) is 2.50. The summed E-state index contributed by atoms with van der Waals surface area (Å²) in [5, 5.41) is 18.1. The van der Waals surface area contributed by atoms with Gasteiger partial charge >= 0.3 is 5.97 Å². The largest absolute Gasteiger partial charge is 0.507 e. The van der Waals surface area contributed by atoms with Crippen LogP contribution in [-0.4, -0.2) is 18.2 Å². The number of aromatic hydroxyl groups is 1. The molecule has 0 atom stereocenters. The average molecular weight is 284 g/mol. The van der Waals surface area contributed by atoms with Crippen molar-refractivity contribution < 1.29 is 14.6 Å². The molecule has 0 amide bonds. The van der Waals surface area contributed by atoms with Crippen molar-refractivity contribution in [1.82, 2.24) is 0 Å². The number of hydrogen-bond donors (Lipinski definition) is 1. The van der Waals surface area contributed by atoms with Crippen LogP contribution in [0.2, 0.25) is 0 Å². The second-order valence-electron chi connectivity index (χ2n) is 4.54. The number of phenolic OH excluding ortho intramolecular Hbond substituents is 1. The molecule has 2 aromatic carbocycles. The molecule has 2 rings (SSSR count). The van der Waals surface area contributed by atoms with Gasteiger partial charge in [-0.25, -0.2) is 4.79 Å². The summed E-state index contributed by atoms with van der Waals surface area (Å²) in [6.45, 7) is 2.18. The second-order valence-corrected chi connectivity index (χ2v) is 4.54. The number of ether oxygens (including phenoxy) is 1. The number of azo groups is 1. The summed E-state index contributed by atoms with van der Waals surface area (Å²) in [5.74, 6) is -0.697. The predicted molar refractivity (Wildman–Crippen MR) is 78.8 cm³/mol. The number of methoxy groups -OCH3 is 1. The fourth-order valence-corrected chi connectivity index (χ4v) is 1.80. The zero-order valence-corrected chi connectivity index (χ0v) is 11.9. The molecular weight excluding hydrogens is 268 g/mol. The van der Waals surface area contributed by atoms with Gasteiger partial charge in [-0.2, -0.15) is 10.2 Å². The molecule has 0 saturated carbocycles. The van der Waals surface area contributed by atoms with E-state index >= 15 is 0 Å². The predicted octanol–water partition coefficient (Wildman–Crippen LogP) is 3.77. The molecule has 0 saturated heterocycles. The molecule has 0 aliphatic heterocycles. The summed E-state index contributed by atoms with van der Waals surface area (Å²) < 4.78 is 4.60. The molecule has 0 radical (unpaired) electrons. The normalized spacial score (nSPS) is 10.8. The third-order valence-corrected chi connectivity index (χ3v) is 2.99. The number of carbonyl (C=O) groups is 1. The van der Waals surface area contributed by atoms with E-state index in [0.717, 1.165) is 11.3 Å². The van der Waals surface area contributed by atoms with Gasteiger partial charge in [-0.15, -0.1) is 0 Å². The molecule has 0 bridgehead atoms. The van der Waals surface area contributed by atoms with Crippen LogP contribution in [0.15, 0.2) is 52.7 Å². The van der Waals surface area contributed by atoms with E-state index in [1.165, 1.54) is 13.2 Å². The summed E-state index contributed by atoms with van der Waals surface area (Å²) in [5.41, 5.74) is 2.54. The summed E-state index contributed by atoms with van der Waals surface area (Å²) in [6, 6.07) is 12.5. The first-order valence-corrected chi connectivity index (χ1v) is 6.45. The van der Waals surface area contributed by atoms with Crippen LogP contribution in [0.3, 0.4) is 0 Å². The Balaban J connectivity index is 2.13. The maximum Gasteiger partial charge on any atom is 0.341 e. The molecule has 0 aliphatic rings. The molecule has 5 nitrogen and oxygen atoms in total. The highest BCUT2D eigenvalue weighted by Crippen LogP contribution is 2.24. The number of phenols is 1. The van der Waals surface area contributed by atoms with Gasteiger partial charge in [-0.1, -0.05) is 29.8 Å². The van der Waals surface area contributed by atoms with E-state index in [0.29, 0.717) is 5.56 Å². The molecule has 0 fully saturated rings. The van der Waals surface area contributed by atoms with E-state index in [4.69, 9.17) is 0 Å². The van der Waals surface area contributed by atoms with Crippen molar-refractivity contribution in [2.45, 2.75) is 13.5 Å². The molecule has 5 heteroatoms. The van der Waals surface area contributed by atoms with Gasteiger partial charge in [-0.05, 0) is 25.1 Å². The number of esters is 1. The molecule has 0 aromatic heterocycles. The highest BCUT2D eigenvalue weighted by Gasteiger charge is 2.13. The van der Waals surface area contributed by atoms with Gasteiger partial charge in [0.25, 0.3) is 0 Å². The third kappa shape index (κ3) is 3.66. The lowest BCUT2D eigenvalue weighted by Gasteiger charge is -2.05. The van der Waals surface area contributed by atoms with Crippen LogP contribution in [-0.2, 0) is 11.3 Å². The Hall–Kier alpha value is -2.69. The van der Waals surface area contributed by atoms with Gasteiger partial charge in [0.15, 0.2) is 0 Å². The number of aryl methyl sites for hydroxylation is 1. The number of nitrogens with zero attached hydrogens (tertiary/aromatic N) is 2. The Morgan fingerprint density at radius 2 is 1.90 bits per heavy atom. The van der Waals surface area contributed by atoms with Gasteiger partial charge in [0.1, 0.15) is 11.3 Å². The van der Waals surface area contributed by atoms with Gasteiger partial charge in [0.2, 0.25) is 0 Å². The zero-order chi connectivity index (χ0) is 15.2. The second kappa shape index (κ2) is 6.65. The van der Waals surface area contributed by atoms with Crippen LogP contribution in [0.5, 0.6) is 5.75 Å². The molecule has 2 aromatic rings. The molecule has 0 heterocycles. The quantitative estimate of drug-likeness (QED) is 0.686. The fraction of sp³-hybridized carbons (Fsp3) is 0.188. The highest BCUT2D eigenvalue weighted by atomic mass is 16.5. The number of carbonyl (C=O) groups excluding carboxylic acids is 1. The van der Waals surface area contributed by atoms with Crippen molar-refractivity contribution in [2.75, 3.05) is 7.11 Å². The molecule has 108 valence electrons. The summed E-state index contributed by atoms with van der Waals surface area (Å²) in [6.07, 6.45) is 0. The monoisotopic (exact) mass is 284 g/mol. The van der Waals surface area contributed by atoms with Crippen molar-refractivity contribution in [3.8, 4) is 5.75 Å². The lowest BCUT2D eigenvalue weighted by atomic mass is 10.1. The van der Waals surface area contributed by atoms with Gasteiger partial charge < -0.3 is 9.84 Å². The van der Waals surface area contributed by atoms with Crippen molar-refractivity contribution in [1.29, 1.82) is 0 Å². The Labute approximate surface area is 122 Å². The molecular formula is C16H16N2O3. The van der Waals surface area contributed by atoms with Crippen molar-refractivity contribution in [3.63, 3.8) is 0 Å². The first-order chi connectivity index (χ1) is 10.1. The first kappa shape index (κ1) is 14.7. The Morgan fingerprint density at radius 1 is 1.19 bits per heavy atom. The van der Waals surface area contributed by atoms with Crippen LogP contribution in [0, 0.1) is 6.92 Å². The van der Waals surface area contributed by atoms with Crippen LogP contribution in [0.4, 0.5) is 5.69 Å². The lowest BCUT2D eigenvalue weighted by Crippen LogP contribution is -2.02. The zero-order valence-electron chi connectivity index (χ0n) is 11.9. The third-order valence-electron chi connectivity index (χ3n) is 2.99. The van der Waals surface area contributed by atoms with E-state index in [9.17, 15) is 9.90 Å². The minimum Gasteiger partial charge on any atom is -0.507 e. The SMILES string of the molecule is COC(=O)c1cccc(CN=Nc2ccc(C)cc2)c1O. The lowest BCUT2D eigenvalue weighted by molar-refractivity contribution is 0.0597. The van der Waals surface area contributed by atoms with Gasteiger partial charge in [0.05, 0.1) is 19.3 Å². The van der Waals surface area contributed by atoms with Crippen LogP contribution in [0.25, 0.3) is 0 Å². The van der Waals surface area contributed by atoms with Crippen LogP contribution < -0.4 is 0 Å².